The summed E-state index contributed by atoms with van der Waals surface area (Å²) in [6.07, 6.45) is 10.2. The molecule has 4 saturated carbocycles. The van der Waals surface area contributed by atoms with E-state index in [0.717, 1.165) is 49.2 Å². The number of thiocarbonyl (C=S) groups is 2. The van der Waals surface area contributed by atoms with Crippen LogP contribution in [0.1, 0.15) is 96.1 Å². The zero-order chi connectivity index (χ0) is 36.3. The van der Waals surface area contributed by atoms with Crippen LogP contribution in [0.2, 0.25) is 0 Å². The van der Waals surface area contributed by atoms with E-state index in [2.05, 4.69) is 80.4 Å². The molecule has 6 rings (SSSR count). The van der Waals surface area contributed by atoms with E-state index in [0.29, 0.717) is 46.2 Å². The summed E-state index contributed by atoms with van der Waals surface area (Å²) < 4.78 is 4.99. The van der Waals surface area contributed by atoms with Gasteiger partial charge < -0.3 is 15.4 Å². The van der Waals surface area contributed by atoms with Crippen LogP contribution in [0.5, 0.6) is 0 Å². The first-order valence-corrected chi connectivity index (χ1v) is 19.7. The first kappa shape index (κ1) is 37.4. The van der Waals surface area contributed by atoms with Gasteiger partial charge in [-0.3, -0.25) is 15.6 Å². The van der Waals surface area contributed by atoms with Gasteiger partial charge in [-0.05, 0) is 161 Å². The summed E-state index contributed by atoms with van der Waals surface area (Å²) in [4.78, 5) is 12.0. The first-order valence-electron chi connectivity index (χ1n) is 18.9. The number of rotatable bonds is 8. The number of ether oxygens (including phenoxy) is 1. The fourth-order valence-corrected chi connectivity index (χ4v) is 10.9. The summed E-state index contributed by atoms with van der Waals surface area (Å²) in [6.45, 7) is 11.6. The Kier molecular flexibility index (Phi) is 11.5. The minimum Gasteiger partial charge on any atom is -0.469 e. The van der Waals surface area contributed by atoms with Crippen LogP contribution in [0, 0.1) is 60.2 Å². The largest absolute Gasteiger partial charge is 0.469 e. The molecule has 0 bridgehead atoms. The highest BCUT2D eigenvalue weighted by atomic mass is 32.1. The van der Waals surface area contributed by atoms with Gasteiger partial charge in [0.15, 0.2) is 10.2 Å². The van der Waals surface area contributed by atoms with Gasteiger partial charge in [-0.25, -0.2) is 0 Å². The molecule has 8 atom stereocenters. The van der Waals surface area contributed by atoms with Gasteiger partial charge in [-0.1, -0.05) is 56.2 Å². The molecule has 0 amide bonds. The number of nitrogens with one attached hydrogen (secondary N) is 4. The minimum atomic E-state index is -0.0978. The number of hydrogen-bond acceptors (Lipinski definition) is 6. The van der Waals surface area contributed by atoms with Crippen LogP contribution in [-0.2, 0) is 9.53 Å². The number of esters is 1. The molecular formula is C41H56N6O2S2. The minimum absolute atomic E-state index is 0.0978. The van der Waals surface area contributed by atoms with E-state index in [1.165, 1.54) is 49.6 Å². The quantitative estimate of drug-likeness (QED) is 0.121. The average Bonchev–Trinajstić information content (AvgIpc) is 3.48. The van der Waals surface area contributed by atoms with Gasteiger partial charge in [-0.15, -0.1) is 0 Å². The lowest BCUT2D eigenvalue weighted by Gasteiger charge is -2.61. The smallest absolute Gasteiger partial charge is 0.305 e. The summed E-state index contributed by atoms with van der Waals surface area (Å²) in [6, 6.07) is 16.4. The molecule has 0 heterocycles. The normalized spacial score (nSPS) is 31.8. The van der Waals surface area contributed by atoms with Gasteiger partial charge in [0, 0.05) is 35.1 Å². The van der Waals surface area contributed by atoms with Gasteiger partial charge >= 0.3 is 5.97 Å². The molecule has 2 aromatic rings. The zero-order valence-corrected chi connectivity index (χ0v) is 32.8. The molecule has 0 radical (unpaired) electrons. The number of aryl methyl sites for hydroxylation is 2. The monoisotopic (exact) mass is 728 g/mol. The standard InChI is InChI=1S/C41H56N6O2S2/c1-25-7-12-28(13-8-25)42-38(50)46-44-30-19-21-41(5)34-20-22-40(4)32(27(3)11-18-37(48)49-6)16-17-33(40)31(34)24-36(35(41)23-30)45-47-39(51)43-29-14-9-26(2)10-15-29/h7-10,12-15,27,31-35H,11,16-24H2,1-6H3,(H2,42,46,50)(H2,43,47,51)/b44-30+,45-36-/t27-,31+,32-,33+,34+,35+,40-,41-/m1/s1. The highest BCUT2D eigenvalue weighted by Gasteiger charge is 2.62. The summed E-state index contributed by atoms with van der Waals surface area (Å²) in [5, 5.41) is 17.6. The van der Waals surface area contributed by atoms with E-state index < -0.39 is 0 Å². The van der Waals surface area contributed by atoms with Crippen molar-refractivity contribution < 1.29 is 9.53 Å². The van der Waals surface area contributed by atoms with Gasteiger partial charge in [0.1, 0.15) is 0 Å². The molecule has 51 heavy (non-hydrogen) atoms. The summed E-state index contributed by atoms with van der Waals surface area (Å²) in [5.74, 6) is 3.14. The van der Waals surface area contributed by atoms with Crippen LogP contribution < -0.4 is 21.5 Å². The number of nitrogens with zero attached hydrogens (tertiary/aromatic N) is 2. The van der Waals surface area contributed by atoms with Crippen molar-refractivity contribution in [2.24, 2.45) is 56.5 Å². The summed E-state index contributed by atoms with van der Waals surface area (Å²) in [5.41, 5.74) is 13.4. The Balaban J connectivity index is 1.22. The lowest BCUT2D eigenvalue weighted by molar-refractivity contribution is -0.141. The first-order chi connectivity index (χ1) is 24.4. The second-order valence-electron chi connectivity index (χ2n) is 16.3. The van der Waals surface area contributed by atoms with Crippen LogP contribution in [0.4, 0.5) is 11.4 Å². The third-order valence-electron chi connectivity index (χ3n) is 13.3. The van der Waals surface area contributed by atoms with Crippen molar-refractivity contribution in [3.8, 4) is 0 Å². The highest BCUT2D eigenvalue weighted by molar-refractivity contribution is 7.80. The SMILES string of the molecule is COC(=O)CC[C@@H](C)[C@H]1CC[C@H]2[C@@H]3C/C(=N/NC(=S)Nc4ccc(C)cc4)[C@@H]4C/C(=N/NC(=S)Nc5ccc(C)cc5)CC[C@]4(C)[C@H]3CC[C@]12C. The zero-order valence-electron chi connectivity index (χ0n) is 31.2. The number of hydrogen-bond donors (Lipinski definition) is 4. The molecule has 4 fully saturated rings. The van der Waals surface area contributed by atoms with Crippen LogP contribution in [0.25, 0.3) is 0 Å². The molecule has 0 spiro atoms. The number of hydrazone groups is 2. The number of anilines is 2. The maximum atomic E-state index is 12.0. The van der Waals surface area contributed by atoms with E-state index >= 15 is 0 Å². The Morgan fingerprint density at radius 1 is 0.843 bits per heavy atom. The number of fused-ring (bicyclic) bond motifs is 5. The topological polar surface area (TPSA) is 99.1 Å². The lowest BCUT2D eigenvalue weighted by Crippen LogP contribution is -2.57. The molecule has 0 unspecified atom stereocenters. The van der Waals surface area contributed by atoms with Crippen molar-refractivity contribution in [2.45, 2.75) is 98.8 Å². The Morgan fingerprint density at radius 3 is 2.04 bits per heavy atom. The molecule has 0 aliphatic heterocycles. The Hall–Kier alpha value is -3.37. The molecule has 10 heteroatoms. The molecule has 4 aliphatic carbocycles. The molecule has 8 nitrogen and oxygen atoms in total. The third kappa shape index (κ3) is 8.17. The second-order valence-corrected chi connectivity index (χ2v) is 17.1. The fraction of sp³-hybridized carbons (Fsp3) is 0.585. The summed E-state index contributed by atoms with van der Waals surface area (Å²) in [7, 11) is 1.49. The van der Waals surface area contributed by atoms with E-state index in [9.17, 15) is 4.79 Å². The van der Waals surface area contributed by atoms with Gasteiger partial charge in [0.05, 0.1) is 7.11 Å². The molecule has 4 N–H and O–H groups in total. The van der Waals surface area contributed by atoms with Crippen molar-refractivity contribution in [1.29, 1.82) is 0 Å². The molecule has 274 valence electrons. The highest BCUT2D eigenvalue weighted by Crippen LogP contribution is 2.67. The lowest BCUT2D eigenvalue weighted by atomic mass is 9.44. The number of carbonyl (C=O) groups is 1. The molecule has 2 aromatic carbocycles. The van der Waals surface area contributed by atoms with Crippen molar-refractivity contribution in [2.75, 3.05) is 17.7 Å². The average molecular weight is 729 g/mol. The van der Waals surface area contributed by atoms with Crippen molar-refractivity contribution >= 4 is 63.4 Å². The molecule has 4 aliphatic rings. The van der Waals surface area contributed by atoms with Crippen LogP contribution in [0.3, 0.4) is 0 Å². The Labute approximate surface area is 315 Å². The third-order valence-corrected chi connectivity index (χ3v) is 13.7. The van der Waals surface area contributed by atoms with Crippen molar-refractivity contribution in [3.05, 3.63) is 59.7 Å². The predicted molar refractivity (Wildman–Crippen MR) is 217 cm³/mol. The summed E-state index contributed by atoms with van der Waals surface area (Å²) >= 11 is 11.4. The fourth-order valence-electron chi connectivity index (χ4n) is 10.6. The van der Waals surface area contributed by atoms with E-state index in [4.69, 9.17) is 39.4 Å². The van der Waals surface area contributed by atoms with Crippen molar-refractivity contribution in [3.63, 3.8) is 0 Å². The van der Waals surface area contributed by atoms with E-state index in [1.54, 1.807) is 0 Å². The van der Waals surface area contributed by atoms with Gasteiger partial charge in [-0.2, -0.15) is 10.2 Å². The predicted octanol–water partition coefficient (Wildman–Crippen LogP) is 9.15. The van der Waals surface area contributed by atoms with Gasteiger partial charge in [0.25, 0.3) is 0 Å². The van der Waals surface area contributed by atoms with E-state index in [-0.39, 0.29) is 22.7 Å². The number of benzene rings is 2. The Bertz CT molecular complexity index is 1660. The second kappa shape index (κ2) is 15.7. The Morgan fingerprint density at radius 2 is 1.43 bits per heavy atom. The molecular weight excluding hydrogens is 673 g/mol. The maximum Gasteiger partial charge on any atom is 0.305 e. The van der Waals surface area contributed by atoms with Crippen LogP contribution in [0.15, 0.2) is 58.7 Å². The van der Waals surface area contributed by atoms with E-state index in [1.807, 2.05) is 24.3 Å². The van der Waals surface area contributed by atoms with Gasteiger partial charge in [0.2, 0.25) is 0 Å². The van der Waals surface area contributed by atoms with Crippen LogP contribution in [-0.4, -0.2) is 34.7 Å². The molecule has 0 saturated heterocycles. The number of methoxy groups -OCH3 is 1. The van der Waals surface area contributed by atoms with Crippen molar-refractivity contribution in [1.82, 2.24) is 10.9 Å². The maximum absolute atomic E-state index is 12.0. The molecule has 0 aromatic heterocycles. The number of carbonyl (C=O) groups excluding carboxylic acids is 1. The van der Waals surface area contributed by atoms with Crippen LogP contribution >= 0.6 is 24.4 Å².